The minimum absolute atomic E-state index is 0.00748. The van der Waals surface area contributed by atoms with E-state index in [2.05, 4.69) is 11.9 Å². The molecule has 0 heterocycles. The van der Waals surface area contributed by atoms with Crippen LogP contribution in [-0.4, -0.2) is 43.8 Å². The molecule has 0 radical (unpaired) electrons. The van der Waals surface area contributed by atoms with Gasteiger partial charge in [-0.1, -0.05) is 38.6 Å². The molecule has 4 N–H and O–H groups in total. The number of carboxylic acid groups (broad SMARTS) is 1. The van der Waals surface area contributed by atoms with E-state index in [-0.39, 0.29) is 26.0 Å². The van der Waals surface area contributed by atoms with Crippen LogP contribution in [0.4, 0.5) is 0 Å². The molecular weight excluding hydrogens is 347 g/mol. The third-order valence-electron chi connectivity index (χ3n) is 3.90. The second-order valence-corrected chi connectivity index (χ2v) is 6.71. The fraction of sp³-hybridized carbons (Fsp3) is 0.474. The Balaban J connectivity index is 2.79. The van der Waals surface area contributed by atoms with Crippen LogP contribution in [0, 0.1) is 5.92 Å². The van der Waals surface area contributed by atoms with Gasteiger partial charge in [-0.05, 0) is 36.5 Å². The molecule has 27 heavy (non-hydrogen) atoms. The van der Waals surface area contributed by atoms with Crippen LogP contribution in [0.15, 0.2) is 36.9 Å². The van der Waals surface area contributed by atoms with E-state index in [1.54, 1.807) is 6.08 Å². The van der Waals surface area contributed by atoms with Crippen LogP contribution < -0.4 is 15.8 Å². The molecule has 148 valence electrons. The molecule has 0 aliphatic carbocycles. The average Bonchev–Trinajstić information content (AvgIpc) is 2.63. The minimum atomic E-state index is -1.04. The third-order valence-corrected chi connectivity index (χ3v) is 3.90. The summed E-state index contributed by atoms with van der Waals surface area (Å²) in [4.78, 5) is 24.0. The third kappa shape index (κ3) is 8.75. The second kappa shape index (κ2) is 12.1. The van der Waals surface area contributed by atoms with E-state index in [4.69, 9.17) is 15.1 Å². The molecule has 2 atom stereocenters. The molecule has 1 rings (SSSR count). The average molecular weight is 376 g/mol. The Hall–Kier alpha value is -2.32. The van der Waals surface area contributed by atoms with Gasteiger partial charge in [0.15, 0.2) is 0 Å². The van der Waals surface area contributed by atoms with Gasteiger partial charge in [-0.3, -0.25) is 4.79 Å². The number of amides is 1. The van der Waals surface area contributed by atoms with Gasteiger partial charge in [-0.2, -0.15) is 0 Å². The van der Waals surface area contributed by atoms with Gasteiger partial charge in [0.25, 0.3) is 7.48 Å². The first-order valence-corrected chi connectivity index (χ1v) is 9.01. The Morgan fingerprint density at radius 1 is 1.33 bits per heavy atom. The van der Waals surface area contributed by atoms with Crippen LogP contribution in [0.5, 0.6) is 5.75 Å². The highest BCUT2D eigenvalue weighted by atomic mass is 16.5. The van der Waals surface area contributed by atoms with Crippen molar-refractivity contribution in [1.82, 2.24) is 5.32 Å². The van der Waals surface area contributed by atoms with Crippen molar-refractivity contribution < 1.29 is 24.1 Å². The van der Waals surface area contributed by atoms with Crippen molar-refractivity contribution in [3.63, 3.8) is 0 Å². The fourth-order valence-corrected chi connectivity index (χ4v) is 2.58. The maximum atomic E-state index is 12.6. The molecule has 0 spiro atoms. The molecule has 0 saturated carbocycles. The SMILES string of the molecule is C=CCOc1ccc(C[C@H](BOCN)C(=O)N[C@@H](CC(C)C)C(=O)O)cc1. The Bertz CT molecular complexity index is 607. The van der Waals surface area contributed by atoms with Crippen molar-refractivity contribution in [3.8, 4) is 5.75 Å². The Morgan fingerprint density at radius 2 is 2.00 bits per heavy atom. The number of carbonyl (C=O) groups is 2. The molecule has 8 heteroatoms. The van der Waals surface area contributed by atoms with E-state index in [0.717, 1.165) is 5.56 Å². The zero-order valence-electron chi connectivity index (χ0n) is 16.0. The first kappa shape index (κ1) is 22.7. The maximum Gasteiger partial charge on any atom is 0.326 e. The quantitative estimate of drug-likeness (QED) is 0.273. The summed E-state index contributed by atoms with van der Waals surface area (Å²) in [6.45, 7) is 7.83. The van der Waals surface area contributed by atoms with E-state index in [9.17, 15) is 14.7 Å². The van der Waals surface area contributed by atoms with Crippen molar-refractivity contribution in [2.24, 2.45) is 11.7 Å². The molecule has 1 aromatic carbocycles. The van der Waals surface area contributed by atoms with Crippen molar-refractivity contribution in [2.75, 3.05) is 13.3 Å². The Morgan fingerprint density at radius 3 is 2.52 bits per heavy atom. The number of carbonyl (C=O) groups excluding carboxylic acids is 1. The summed E-state index contributed by atoms with van der Waals surface area (Å²) in [7, 11) is 0.116. The summed E-state index contributed by atoms with van der Waals surface area (Å²) in [5, 5.41) is 12.0. The summed E-state index contributed by atoms with van der Waals surface area (Å²) in [6.07, 6.45) is 2.43. The van der Waals surface area contributed by atoms with E-state index >= 15 is 0 Å². The number of rotatable bonds is 13. The number of hydrogen-bond donors (Lipinski definition) is 3. The van der Waals surface area contributed by atoms with Gasteiger partial charge < -0.3 is 25.5 Å². The summed E-state index contributed by atoms with van der Waals surface area (Å²) in [5.74, 6) is -1.08. The molecule has 0 aliphatic heterocycles. The number of nitrogens with one attached hydrogen (secondary N) is 1. The van der Waals surface area contributed by atoms with Crippen molar-refractivity contribution in [1.29, 1.82) is 0 Å². The second-order valence-electron chi connectivity index (χ2n) is 6.71. The molecule has 0 saturated heterocycles. The lowest BCUT2D eigenvalue weighted by Gasteiger charge is -2.21. The van der Waals surface area contributed by atoms with Gasteiger partial charge in [-0.15, -0.1) is 0 Å². The van der Waals surface area contributed by atoms with Gasteiger partial charge >= 0.3 is 5.97 Å². The van der Waals surface area contributed by atoms with Crippen LogP contribution in [0.3, 0.4) is 0 Å². The lowest BCUT2D eigenvalue weighted by molar-refractivity contribution is -0.142. The highest BCUT2D eigenvalue weighted by Gasteiger charge is 2.27. The Kier molecular flexibility index (Phi) is 10.2. The van der Waals surface area contributed by atoms with Gasteiger partial charge in [-0.25, -0.2) is 4.79 Å². The van der Waals surface area contributed by atoms with Gasteiger partial charge in [0.2, 0.25) is 5.91 Å². The number of carboxylic acids is 1. The molecule has 0 aromatic heterocycles. The van der Waals surface area contributed by atoms with Crippen LogP contribution in [0.2, 0.25) is 5.82 Å². The zero-order chi connectivity index (χ0) is 20.2. The van der Waals surface area contributed by atoms with Gasteiger partial charge in [0.05, 0.1) is 6.73 Å². The van der Waals surface area contributed by atoms with Crippen molar-refractivity contribution in [3.05, 3.63) is 42.5 Å². The summed E-state index contributed by atoms with van der Waals surface area (Å²) >= 11 is 0. The molecule has 1 amide bonds. The number of nitrogens with two attached hydrogens (primary N) is 1. The van der Waals surface area contributed by atoms with E-state index in [1.807, 2.05) is 38.1 Å². The van der Waals surface area contributed by atoms with Crippen LogP contribution in [0.1, 0.15) is 25.8 Å². The smallest absolute Gasteiger partial charge is 0.326 e. The van der Waals surface area contributed by atoms with E-state index in [0.29, 0.717) is 25.2 Å². The summed E-state index contributed by atoms with van der Waals surface area (Å²) in [5.41, 5.74) is 6.29. The zero-order valence-corrected chi connectivity index (χ0v) is 16.0. The first-order valence-electron chi connectivity index (χ1n) is 9.01. The summed E-state index contributed by atoms with van der Waals surface area (Å²) in [6, 6.07) is 6.44. The van der Waals surface area contributed by atoms with Gasteiger partial charge in [0.1, 0.15) is 18.4 Å². The molecule has 0 bridgehead atoms. The molecule has 0 aliphatic rings. The Labute approximate surface area is 161 Å². The fourth-order valence-electron chi connectivity index (χ4n) is 2.58. The largest absolute Gasteiger partial charge is 0.490 e. The predicted molar refractivity (Wildman–Crippen MR) is 106 cm³/mol. The number of hydrogen-bond acceptors (Lipinski definition) is 5. The summed E-state index contributed by atoms with van der Waals surface area (Å²) < 4.78 is 10.7. The molecular formula is C19H29BN2O5. The number of aliphatic carboxylic acids is 1. The number of ether oxygens (including phenoxy) is 1. The maximum absolute atomic E-state index is 12.6. The first-order chi connectivity index (χ1) is 12.9. The van der Waals surface area contributed by atoms with E-state index in [1.165, 1.54) is 0 Å². The lowest BCUT2D eigenvalue weighted by atomic mass is 9.75. The van der Waals surface area contributed by atoms with Gasteiger partial charge in [0, 0.05) is 5.82 Å². The minimum Gasteiger partial charge on any atom is -0.490 e. The molecule has 1 aromatic rings. The lowest BCUT2D eigenvalue weighted by Crippen LogP contribution is -2.44. The van der Waals surface area contributed by atoms with E-state index < -0.39 is 17.8 Å². The molecule has 7 nitrogen and oxygen atoms in total. The molecule has 0 fully saturated rings. The standard InChI is InChI=1S/C19H29BN2O5/c1-4-9-26-15-7-5-14(6-8-15)11-16(20-27-12-21)18(23)22-17(19(24)25)10-13(2)3/h4-8,13,16-17,20H,1,9-12,21H2,2-3H3,(H,22,23)(H,24,25)/t16-,17-/m0/s1. The highest BCUT2D eigenvalue weighted by Crippen LogP contribution is 2.19. The van der Waals surface area contributed by atoms with Crippen LogP contribution in [0.25, 0.3) is 0 Å². The topological polar surface area (TPSA) is 111 Å². The normalized spacial score (nSPS) is 12.9. The van der Waals surface area contributed by atoms with Crippen LogP contribution in [-0.2, 0) is 20.7 Å². The highest BCUT2D eigenvalue weighted by molar-refractivity contribution is 6.37. The predicted octanol–water partition coefficient (Wildman–Crippen LogP) is 1.48. The monoisotopic (exact) mass is 376 g/mol. The number of benzene rings is 1. The van der Waals surface area contributed by atoms with Crippen molar-refractivity contribution >= 4 is 19.4 Å². The van der Waals surface area contributed by atoms with Crippen LogP contribution >= 0.6 is 0 Å². The van der Waals surface area contributed by atoms with Crippen molar-refractivity contribution in [2.45, 2.75) is 38.5 Å². The molecule has 0 unspecified atom stereocenters.